The summed E-state index contributed by atoms with van der Waals surface area (Å²) in [6.45, 7) is 6.10. The average molecular weight is 1080 g/mol. The number of aryl methyl sites for hydroxylation is 2. The predicted octanol–water partition coefficient (Wildman–Crippen LogP) is 4.63. The third kappa shape index (κ3) is 11.8. The molecule has 0 saturated carbocycles. The van der Waals surface area contributed by atoms with Gasteiger partial charge in [0.1, 0.15) is 80.1 Å². The smallest absolute Gasteiger partial charge is 0.243 e. The third-order valence-electron chi connectivity index (χ3n) is 11.5. The molecule has 0 unspecified atom stereocenters. The van der Waals surface area contributed by atoms with Crippen LogP contribution in [-0.2, 0) is 20.0 Å². The summed E-state index contributed by atoms with van der Waals surface area (Å²) < 4.78 is 94.2. The first-order valence-electron chi connectivity index (χ1n) is 22.7. The fraction of sp³-hybridized carbons (Fsp3) is 0.292. The fourth-order valence-corrected chi connectivity index (χ4v) is 9.44. The van der Waals surface area contributed by atoms with Crippen molar-refractivity contribution >= 4 is 31.9 Å². The van der Waals surface area contributed by atoms with Crippen LogP contribution in [0.15, 0.2) is 97.6 Å². The molecule has 4 N–H and O–H groups in total. The summed E-state index contributed by atoms with van der Waals surface area (Å²) in [6.07, 6.45) is 2.71. The van der Waals surface area contributed by atoms with E-state index in [1.165, 1.54) is 90.4 Å². The SMILES string of the molecule is COc1cccc(-c2nnc(NS(=O)(=O)[C@@H](C)[C@@H](O)c3cnc(C)nc3)n2-c2c(OC)cccc2OC)n1.COc1cccc(-c2nnc(NS(=O)(=O)[C@H](C)[C@H](O)c3cnc(C)nc3)n2-c2c(OC)cccc2OC)n1. The van der Waals surface area contributed by atoms with Gasteiger partial charge in [-0.2, -0.15) is 0 Å². The van der Waals surface area contributed by atoms with E-state index in [9.17, 15) is 27.0 Å². The number of para-hydroxylation sites is 2. The lowest BCUT2D eigenvalue weighted by Gasteiger charge is -2.21. The molecule has 0 aliphatic heterocycles. The molecule has 0 radical (unpaired) electrons. The highest BCUT2D eigenvalue weighted by Gasteiger charge is 2.35. The number of pyridine rings is 2. The molecule has 8 aromatic rings. The van der Waals surface area contributed by atoms with Crippen LogP contribution in [0.4, 0.5) is 11.9 Å². The number of anilines is 2. The zero-order valence-corrected chi connectivity index (χ0v) is 44.3. The molecule has 0 fully saturated rings. The number of aromatic nitrogens is 12. The summed E-state index contributed by atoms with van der Waals surface area (Å²) in [5.41, 5.74) is 1.87. The van der Waals surface area contributed by atoms with Crippen LogP contribution in [0.1, 0.15) is 48.8 Å². The van der Waals surface area contributed by atoms with Gasteiger partial charge in [-0.25, -0.2) is 46.7 Å². The molecular weight excluding hydrogens is 1030 g/mol. The maximum atomic E-state index is 13.4. The second-order valence-electron chi connectivity index (χ2n) is 16.2. The molecule has 6 aromatic heterocycles. The van der Waals surface area contributed by atoms with Gasteiger partial charge in [0.15, 0.2) is 11.6 Å². The van der Waals surface area contributed by atoms with Crippen molar-refractivity contribution in [3.05, 3.63) is 120 Å². The summed E-state index contributed by atoms with van der Waals surface area (Å²) in [6, 6.07) is 20.3. The van der Waals surface area contributed by atoms with Crippen LogP contribution >= 0.6 is 0 Å². The standard InChI is InChI=1S/2C24H27N7O6S/c2*1-14(22(32)16-12-25-15(2)26-13-16)38(33,34)30-24-29-28-23(17-8-6-11-20(27-17)37-5)31(24)21-18(35-3)9-7-10-19(21)36-4/h2*6-14,22,32H,1-5H3,(H,29,30)/t2*14-,22+/m10/s1. The number of hydrogen-bond donors (Lipinski definition) is 4. The van der Waals surface area contributed by atoms with Gasteiger partial charge >= 0.3 is 0 Å². The van der Waals surface area contributed by atoms with Crippen molar-refractivity contribution < 1.29 is 55.5 Å². The summed E-state index contributed by atoms with van der Waals surface area (Å²) >= 11 is 0. The molecule has 0 amide bonds. The Morgan fingerprint density at radius 2 is 0.789 bits per heavy atom. The van der Waals surface area contributed by atoms with E-state index >= 15 is 0 Å². The van der Waals surface area contributed by atoms with Gasteiger partial charge in [0.05, 0.1) is 42.7 Å². The Hall–Kier alpha value is -8.60. The maximum absolute atomic E-state index is 13.4. The Bertz CT molecular complexity index is 3240. The van der Waals surface area contributed by atoms with E-state index in [2.05, 4.69) is 59.7 Å². The number of hydrogen-bond acceptors (Lipinski definition) is 22. The Labute approximate surface area is 437 Å². The van der Waals surface area contributed by atoms with Gasteiger partial charge < -0.3 is 38.6 Å². The fourth-order valence-electron chi connectivity index (χ4n) is 7.30. The van der Waals surface area contributed by atoms with E-state index in [0.29, 0.717) is 69.2 Å². The van der Waals surface area contributed by atoms with Crippen LogP contribution < -0.4 is 37.9 Å². The van der Waals surface area contributed by atoms with Crippen molar-refractivity contribution in [1.29, 1.82) is 0 Å². The molecule has 76 heavy (non-hydrogen) atoms. The van der Waals surface area contributed by atoms with Crippen molar-refractivity contribution in [1.82, 2.24) is 59.4 Å². The molecule has 8 rings (SSSR count). The Morgan fingerprint density at radius 1 is 0.474 bits per heavy atom. The minimum Gasteiger partial charge on any atom is -0.494 e. The largest absolute Gasteiger partial charge is 0.494 e. The number of methoxy groups -OCH3 is 6. The summed E-state index contributed by atoms with van der Waals surface area (Å²) in [7, 11) is 0.381. The van der Waals surface area contributed by atoms with Crippen LogP contribution in [0, 0.1) is 13.8 Å². The first-order valence-corrected chi connectivity index (χ1v) is 25.8. The summed E-state index contributed by atoms with van der Waals surface area (Å²) in [5.74, 6) is 3.09. The predicted molar refractivity (Wildman–Crippen MR) is 276 cm³/mol. The Balaban J connectivity index is 0.000000221. The van der Waals surface area contributed by atoms with Crippen molar-refractivity contribution in [2.45, 2.75) is 50.4 Å². The lowest BCUT2D eigenvalue weighted by atomic mass is 10.1. The molecule has 6 heterocycles. The maximum Gasteiger partial charge on any atom is 0.243 e. The van der Waals surface area contributed by atoms with Gasteiger partial charge in [0.2, 0.25) is 43.7 Å². The molecule has 0 saturated heterocycles. The van der Waals surface area contributed by atoms with Crippen LogP contribution in [0.3, 0.4) is 0 Å². The van der Waals surface area contributed by atoms with Crippen LogP contribution in [0.2, 0.25) is 0 Å². The highest BCUT2D eigenvalue weighted by atomic mass is 32.2. The van der Waals surface area contributed by atoms with E-state index < -0.39 is 42.8 Å². The van der Waals surface area contributed by atoms with Crippen LogP contribution in [0.5, 0.6) is 34.8 Å². The topological polar surface area (TPSA) is 327 Å². The highest BCUT2D eigenvalue weighted by Crippen LogP contribution is 2.40. The van der Waals surface area contributed by atoms with E-state index in [4.69, 9.17) is 28.4 Å². The molecule has 0 aliphatic rings. The minimum absolute atomic E-state index is 0.174. The number of aliphatic hydroxyl groups is 2. The van der Waals surface area contributed by atoms with E-state index in [-0.39, 0.29) is 34.7 Å². The number of sulfonamides is 2. The normalized spacial score (nSPS) is 13.0. The Morgan fingerprint density at radius 3 is 1.09 bits per heavy atom. The van der Waals surface area contributed by atoms with Crippen LogP contribution in [0.25, 0.3) is 34.4 Å². The molecular formula is C48H54N14O12S2. The van der Waals surface area contributed by atoms with E-state index in [0.717, 1.165) is 0 Å². The van der Waals surface area contributed by atoms with Gasteiger partial charge in [-0.3, -0.25) is 18.6 Å². The molecule has 26 nitrogen and oxygen atoms in total. The lowest BCUT2D eigenvalue weighted by molar-refractivity contribution is 0.175. The first-order chi connectivity index (χ1) is 36.4. The molecule has 0 bridgehead atoms. The Kier molecular flexibility index (Phi) is 17.2. The number of nitrogens with zero attached hydrogens (tertiary/aromatic N) is 12. The van der Waals surface area contributed by atoms with Gasteiger partial charge in [-0.1, -0.05) is 24.3 Å². The van der Waals surface area contributed by atoms with Crippen LogP contribution in [-0.4, -0.2) is 140 Å². The summed E-state index contributed by atoms with van der Waals surface area (Å²) in [4.78, 5) is 25.0. The number of benzene rings is 2. The number of nitrogens with one attached hydrogen (secondary N) is 2. The molecule has 2 aromatic carbocycles. The van der Waals surface area contributed by atoms with Crippen molar-refractivity contribution in [2.24, 2.45) is 0 Å². The number of aliphatic hydroxyl groups excluding tert-OH is 2. The van der Waals surface area contributed by atoms with Gasteiger partial charge in [0.25, 0.3) is 0 Å². The molecule has 0 aliphatic carbocycles. The first kappa shape index (κ1) is 55.2. The van der Waals surface area contributed by atoms with Crippen molar-refractivity contribution in [3.8, 4) is 69.2 Å². The van der Waals surface area contributed by atoms with Gasteiger partial charge in [-0.05, 0) is 64.1 Å². The van der Waals surface area contributed by atoms with Crippen molar-refractivity contribution in [2.75, 3.05) is 52.1 Å². The second kappa shape index (κ2) is 23.7. The molecule has 28 heteroatoms. The molecule has 4 atom stereocenters. The van der Waals surface area contributed by atoms with Crippen molar-refractivity contribution in [3.63, 3.8) is 0 Å². The van der Waals surface area contributed by atoms with E-state index in [1.54, 1.807) is 86.6 Å². The third-order valence-corrected chi connectivity index (χ3v) is 14.9. The number of rotatable bonds is 20. The minimum atomic E-state index is -4.23. The average Bonchev–Trinajstić information content (AvgIpc) is 4.07. The van der Waals surface area contributed by atoms with E-state index in [1.807, 2.05) is 0 Å². The second-order valence-corrected chi connectivity index (χ2v) is 20.3. The lowest BCUT2D eigenvalue weighted by Crippen LogP contribution is -2.32. The van der Waals surface area contributed by atoms with Gasteiger partial charge in [-0.15, -0.1) is 20.4 Å². The van der Waals surface area contributed by atoms with Gasteiger partial charge in [0, 0.05) is 48.0 Å². The highest BCUT2D eigenvalue weighted by molar-refractivity contribution is 7.93. The zero-order chi connectivity index (χ0) is 54.9. The summed E-state index contributed by atoms with van der Waals surface area (Å²) in [5, 5.41) is 35.6. The quantitative estimate of drug-likeness (QED) is 0.0808. The molecule has 400 valence electrons. The zero-order valence-electron chi connectivity index (χ0n) is 42.7. The molecule has 0 spiro atoms. The number of ether oxygens (including phenoxy) is 6. The monoisotopic (exact) mass is 1080 g/mol.